The molecule has 1 amide bonds. The van der Waals surface area contributed by atoms with Crippen LogP contribution in [-0.4, -0.2) is 58.3 Å². The number of benzene rings is 1. The van der Waals surface area contributed by atoms with E-state index in [-0.39, 0.29) is 47.9 Å². The van der Waals surface area contributed by atoms with Crippen molar-refractivity contribution in [1.29, 1.82) is 0 Å². The lowest BCUT2D eigenvalue weighted by Crippen LogP contribution is -2.29. The maximum atomic E-state index is 15.0. The molecule has 1 unspecified atom stereocenters. The third-order valence-electron chi connectivity index (χ3n) is 6.97. The smallest absolute Gasteiger partial charge is 0.419 e. The summed E-state index contributed by atoms with van der Waals surface area (Å²) in [5.74, 6) is -3.10. The Morgan fingerprint density at radius 3 is 2.63 bits per heavy atom. The number of fused-ring (bicyclic) bond motifs is 2. The Morgan fingerprint density at radius 1 is 1.24 bits per heavy atom. The van der Waals surface area contributed by atoms with E-state index in [1.165, 1.54) is 12.0 Å². The van der Waals surface area contributed by atoms with E-state index >= 15 is 0 Å². The highest BCUT2D eigenvalue weighted by atomic mass is 35.5. The third-order valence-corrected chi connectivity index (χ3v) is 7.36. The largest absolute Gasteiger partial charge is 0.467 e. The molecule has 1 aromatic carbocycles. The molecule has 0 spiro atoms. The quantitative estimate of drug-likeness (QED) is 0.351. The molecular weight excluding hydrogens is 577 g/mol. The first kappa shape index (κ1) is 28.8. The van der Waals surface area contributed by atoms with Crippen molar-refractivity contribution in [2.45, 2.75) is 44.8 Å². The lowest BCUT2D eigenvalue weighted by Gasteiger charge is -2.31. The Kier molecular flexibility index (Phi) is 7.44. The molecule has 16 heteroatoms. The monoisotopic (exact) mass is 601 g/mol. The molecule has 0 saturated carbocycles. The Bertz CT molecular complexity index is 1530. The fourth-order valence-electron chi connectivity index (χ4n) is 5.04. The number of nitrogens with zero attached hydrogens (tertiary/aromatic N) is 6. The van der Waals surface area contributed by atoms with Crippen LogP contribution in [0.3, 0.4) is 0 Å². The number of carbonyl (C=O) groups is 1. The van der Waals surface area contributed by atoms with Crippen molar-refractivity contribution in [2.24, 2.45) is 0 Å². The molecule has 3 aromatic rings. The molecule has 10 nitrogen and oxygen atoms in total. The van der Waals surface area contributed by atoms with Crippen molar-refractivity contribution < 1.29 is 36.2 Å². The maximum absolute atomic E-state index is 15.0. The first-order valence-corrected chi connectivity index (χ1v) is 12.8. The molecule has 1 atom stereocenters. The van der Waals surface area contributed by atoms with Crippen LogP contribution in [0.2, 0.25) is 5.02 Å². The van der Waals surface area contributed by atoms with Gasteiger partial charge >= 0.3 is 12.2 Å². The zero-order valence-electron chi connectivity index (χ0n) is 22.2. The fourth-order valence-corrected chi connectivity index (χ4v) is 5.31. The highest BCUT2D eigenvalue weighted by Gasteiger charge is 2.43. The number of nitrogens with two attached hydrogens (primary N) is 1. The van der Waals surface area contributed by atoms with Gasteiger partial charge in [0.05, 0.1) is 48.5 Å². The molecule has 0 saturated heterocycles. The van der Waals surface area contributed by atoms with Crippen LogP contribution in [0.15, 0.2) is 6.07 Å². The van der Waals surface area contributed by atoms with Gasteiger partial charge in [0, 0.05) is 50.8 Å². The van der Waals surface area contributed by atoms with Crippen molar-refractivity contribution in [2.75, 3.05) is 38.4 Å². The number of ether oxygens (including phenoxy) is 2. The Labute approximate surface area is 235 Å². The maximum Gasteiger partial charge on any atom is 0.419 e. The van der Waals surface area contributed by atoms with Crippen molar-refractivity contribution >= 4 is 29.0 Å². The number of methoxy groups -OCH3 is 1. The summed E-state index contributed by atoms with van der Waals surface area (Å²) in [7, 11) is 4.50. The number of anilines is 2. The molecular formula is C25H25ClF5N7O3. The van der Waals surface area contributed by atoms with Gasteiger partial charge in [-0.1, -0.05) is 11.6 Å². The van der Waals surface area contributed by atoms with Crippen LogP contribution >= 0.6 is 11.6 Å². The number of alkyl halides is 3. The second kappa shape index (κ2) is 10.6. The number of carbonyl (C=O) groups excluding carboxylic acids is 1. The van der Waals surface area contributed by atoms with E-state index in [4.69, 9.17) is 26.8 Å². The van der Waals surface area contributed by atoms with Gasteiger partial charge in [0.1, 0.15) is 17.2 Å². The fraction of sp³-hybridized carbons (Fsp3) is 0.440. The van der Waals surface area contributed by atoms with Crippen LogP contribution in [0, 0.1) is 11.6 Å². The molecule has 2 aliphatic rings. The molecule has 0 bridgehead atoms. The predicted octanol–water partition coefficient (Wildman–Crippen LogP) is 4.14. The Hall–Kier alpha value is -3.72. The Morgan fingerprint density at radius 2 is 1.98 bits per heavy atom. The summed E-state index contributed by atoms with van der Waals surface area (Å²) < 4.78 is 83.4. The number of hydrogen-bond donors (Lipinski definition) is 1. The van der Waals surface area contributed by atoms with Gasteiger partial charge < -0.3 is 25.0 Å². The molecule has 2 aromatic heterocycles. The van der Waals surface area contributed by atoms with Crippen LogP contribution in [0.4, 0.5) is 33.5 Å². The van der Waals surface area contributed by atoms with Crippen LogP contribution in [0.25, 0.3) is 0 Å². The summed E-state index contributed by atoms with van der Waals surface area (Å²) in [4.78, 5) is 24.6. The minimum absolute atomic E-state index is 0.0815. The SMILES string of the molecule is COc1nc2c(c(N3CCCn4nc(C(=O)N(C)C)c(Cl)c4C3)n1)COC(c1c(F)c(N)cc(F)c1C(F)(F)F)C2. The molecule has 41 heavy (non-hydrogen) atoms. The van der Waals surface area contributed by atoms with E-state index in [0.717, 1.165) is 0 Å². The van der Waals surface area contributed by atoms with E-state index in [1.54, 1.807) is 18.8 Å². The minimum Gasteiger partial charge on any atom is -0.467 e. The number of halogens is 6. The van der Waals surface area contributed by atoms with Crippen LogP contribution < -0.4 is 15.4 Å². The standard InChI is InChI=1S/C25H25ClF5N7O3/c1-36(2)23(39)21-19(26)15-9-37(5-4-6-38(15)35-21)22-11-10-41-16(8-14(11)33-24(34-22)40-3)17-18(25(29,30)31)12(27)7-13(32)20(17)28/h7,16H,4-6,8-10,32H2,1-3H3. The van der Waals surface area contributed by atoms with Gasteiger partial charge in [-0.3, -0.25) is 9.48 Å². The zero-order valence-corrected chi connectivity index (χ0v) is 22.9. The molecule has 0 radical (unpaired) electrons. The van der Waals surface area contributed by atoms with Gasteiger partial charge in [-0.15, -0.1) is 0 Å². The number of aromatic nitrogens is 4. The summed E-state index contributed by atoms with van der Waals surface area (Å²) in [5.41, 5.74) is 3.26. The lowest BCUT2D eigenvalue weighted by molar-refractivity contribution is -0.142. The zero-order chi connectivity index (χ0) is 29.8. The number of amides is 1. The number of rotatable bonds is 4. The predicted molar refractivity (Wildman–Crippen MR) is 137 cm³/mol. The first-order valence-electron chi connectivity index (χ1n) is 12.4. The topological polar surface area (TPSA) is 112 Å². The average Bonchev–Trinajstić information content (AvgIpc) is 3.07. The molecule has 220 valence electrons. The van der Waals surface area contributed by atoms with Gasteiger partial charge in [-0.25, -0.2) is 8.78 Å². The van der Waals surface area contributed by atoms with Gasteiger partial charge in [0.25, 0.3) is 5.91 Å². The van der Waals surface area contributed by atoms with Crippen molar-refractivity contribution in [3.05, 3.63) is 56.5 Å². The molecule has 0 aliphatic carbocycles. The second-order valence-corrected chi connectivity index (χ2v) is 10.2. The summed E-state index contributed by atoms with van der Waals surface area (Å²) in [5, 5.41) is 4.59. The van der Waals surface area contributed by atoms with E-state index in [2.05, 4.69) is 15.1 Å². The van der Waals surface area contributed by atoms with E-state index in [9.17, 15) is 26.7 Å². The van der Waals surface area contributed by atoms with Crippen LogP contribution in [0.5, 0.6) is 6.01 Å². The first-order chi connectivity index (χ1) is 19.3. The Balaban J connectivity index is 1.55. The lowest BCUT2D eigenvalue weighted by atomic mass is 9.93. The van der Waals surface area contributed by atoms with Gasteiger partial charge in [0.15, 0.2) is 11.5 Å². The normalized spacial score (nSPS) is 17.1. The van der Waals surface area contributed by atoms with Crippen LogP contribution in [0.1, 0.15) is 51.1 Å². The summed E-state index contributed by atoms with van der Waals surface area (Å²) >= 11 is 6.58. The minimum atomic E-state index is -5.20. The van der Waals surface area contributed by atoms with Crippen LogP contribution in [-0.2, 0) is 37.0 Å². The van der Waals surface area contributed by atoms with E-state index in [1.807, 2.05) is 4.90 Å². The summed E-state index contributed by atoms with van der Waals surface area (Å²) in [6.45, 7) is 0.825. The molecule has 2 aliphatic heterocycles. The number of aryl methyl sites for hydroxylation is 1. The molecule has 4 heterocycles. The average molecular weight is 602 g/mol. The van der Waals surface area contributed by atoms with Gasteiger partial charge in [-0.2, -0.15) is 28.2 Å². The number of hydrogen-bond acceptors (Lipinski definition) is 8. The third kappa shape index (κ3) is 5.12. The van der Waals surface area contributed by atoms with Gasteiger partial charge in [0.2, 0.25) is 0 Å². The van der Waals surface area contributed by atoms with E-state index < -0.39 is 40.7 Å². The summed E-state index contributed by atoms with van der Waals surface area (Å²) in [6.07, 6.45) is -6.48. The molecule has 2 N–H and O–H groups in total. The molecule has 0 fully saturated rings. The van der Waals surface area contributed by atoms with Crippen molar-refractivity contribution in [1.82, 2.24) is 24.6 Å². The van der Waals surface area contributed by atoms with E-state index in [0.29, 0.717) is 42.7 Å². The highest BCUT2D eigenvalue weighted by molar-refractivity contribution is 6.34. The van der Waals surface area contributed by atoms with Crippen molar-refractivity contribution in [3.8, 4) is 6.01 Å². The highest BCUT2D eigenvalue weighted by Crippen LogP contribution is 2.44. The van der Waals surface area contributed by atoms with Gasteiger partial charge in [-0.05, 0) is 6.42 Å². The second-order valence-electron chi connectivity index (χ2n) is 9.82. The molecule has 5 rings (SSSR count). The summed E-state index contributed by atoms with van der Waals surface area (Å²) in [6, 6.07) is 0.219. The number of nitrogen functional groups attached to an aromatic ring is 1. The van der Waals surface area contributed by atoms with Crippen molar-refractivity contribution in [3.63, 3.8) is 0 Å².